The molecule has 2 N–H and O–H groups in total. The highest BCUT2D eigenvalue weighted by Gasteiger charge is 1.92. The number of carbonyl (C=O) groups excluding carboxylic acids is 1. The van der Waals surface area contributed by atoms with Crippen molar-refractivity contribution < 1.29 is 9.90 Å². The molecule has 0 unspecified atom stereocenters. The van der Waals surface area contributed by atoms with Gasteiger partial charge in [-0.3, -0.25) is 4.79 Å². The van der Waals surface area contributed by atoms with Crippen LogP contribution in [0.25, 0.3) is 0 Å². The van der Waals surface area contributed by atoms with E-state index in [0.29, 0.717) is 5.57 Å². The molecule has 0 aliphatic carbocycles. The maximum Gasteiger partial charge on any atom is 0.244 e. The van der Waals surface area contributed by atoms with Crippen molar-refractivity contribution in [3.8, 4) is 0 Å². The Bertz CT molecular complexity index is 161. The van der Waals surface area contributed by atoms with Crippen LogP contribution in [-0.4, -0.2) is 24.7 Å². The van der Waals surface area contributed by atoms with Crippen LogP contribution in [0.1, 0.15) is 0 Å². The summed E-state index contributed by atoms with van der Waals surface area (Å²) in [6.45, 7) is 3.26. The van der Waals surface area contributed by atoms with Gasteiger partial charge in [0.05, 0.1) is 6.61 Å². The fourth-order valence-electron chi connectivity index (χ4n) is 0.410. The number of aliphatic hydroxyl groups is 1. The van der Waals surface area contributed by atoms with Crippen molar-refractivity contribution in [1.29, 1.82) is 0 Å². The van der Waals surface area contributed by atoms with E-state index in [1.54, 1.807) is 0 Å². The summed E-state index contributed by atoms with van der Waals surface area (Å²) in [5.41, 5.74) is 0.513. The maximum absolute atomic E-state index is 10.6. The minimum Gasteiger partial charge on any atom is -0.392 e. The largest absolute Gasteiger partial charge is 0.392 e. The Hall–Kier alpha value is -1.09. The highest BCUT2D eigenvalue weighted by Crippen LogP contribution is 1.91. The number of carbonyl (C=O) groups is 1. The Balaban J connectivity index is 4.09. The van der Waals surface area contributed by atoms with E-state index < -0.39 is 0 Å². The van der Waals surface area contributed by atoms with Gasteiger partial charge in [0.1, 0.15) is 0 Å². The molecule has 1 amide bonds. The van der Waals surface area contributed by atoms with E-state index in [2.05, 4.69) is 11.9 Å². The van der Waals surface area contributed by atoms with Gasteiger partial charge in [-0.1, -0.05) is 12.7 Å². The fourth-order valence-corrected chi connectivity index (χ4v) is 0.410. The van der Waals surface area contributed by atoms with Gasteiger partial charge in [-0.25, -0.2) is 0 Å². The van der Waals surface area contributed by atoms with Crippen molar-refractivity contribution in [3.63, 3.8) is 0 Å². The van der Waals surface area contributed by atoms with Gasteiger partial charge in [-0.2, -0.15) is 0 Å². The van der Waals surface area contributed by atoms with Crippen molar-refractivity contribution in [1.82, 2.24) is 5.32 Å². The second-order valence-electron chi connectivity index (χ2n) is 1.70. The summed E-state index contributed by atoms with van der Waals surface area (Å²) in [5.74, 6) is -0.232. The molecule has 0 saturated carbocycles. The first-order chi connectivity index (χ1) is 4.74. The van der Waals surface area contributed by atoms with Gasteiger partial charge in [0.2, 0.25) is 5.91 Å². The summed E-state index contributed by atoms with van der Waals surface area (Å²) < 4.78 is 0. The molecular formula is C7H11NO2. The summed E-state index contributed by atoms with van der Waals surface area (Å²) in [6, 6.07) is 0. The molecule has 0 rings (SSSR count). The average Bonchev–Trinajstić information content (AvgIpc) is 1.99. The molecule has 0 bridgehead atoms. The minimum absolute atomic E-state index is 0.156. The molecular weight excluding hydrogens is 130 g/mol. The Morgan fingerprint density at radius 3 is 2.70 bits per heavy atom. The second kappa shape index (κ2) is 4.76. The molecule has 0 aliphatic heterocycles. The van der Waals surface area contributed by atoms with Crippen LogP contribution in [0, 0.1) is 0 Å². The van der Waals surface area contributed by atoms with Crippen LogP contribution in [0.15, 0.2) is 24.3 Å². The third-order valence-electron chi connectivity index (χ3n) is 1.01. The first-order valence-electron chi connectivity index (χ1n) is 2.90. The molecule has 0 saturated heterocycles. The standard InChI is InChI=1S/C7H11NO2/c1-3-6(5-9)4-7(10)8-2/h3-4,9H,1,5H2,2H3,(H,8,10)/b6-4+. The zero-order valence-corrected chi connectivity index (χ0v) is 5.92. The van der Waals surface area contributed by atoms with Crippen molar-refractivity contribution in [2.75, 3.05) is 13.7 Å². The van der Waals surface area contributed by atoms with Crippen molar-refractivity contribution in [3.05, 3.63) is 24.3 Å². The van der Waals surface area contributed by atoms with Gasteiger partial charge in [-0.05, 0) is 5.57 Å². The number of aliphatic hydroxyl groups excluding tert-OH is 1. The lowest BCUT2D eigenvalue weighted by molar-refractivity contribution is -0.116. The van der Waals surface area contributed by atoms with E-state index in [0.717, 1.165) is 0 Å². The Morgan fingerprint density at radius 1 is 1.80 bits per heavy atom. The molecule has 0 atom stereocenters. The number of amides is 1. The van der Waals surface area contributed by atoms with Gasteiger partial charge in [0, 0.05) is 13.1 Å². The van der Waals surface area contributed by atoms with E-state index in [-0.39, 0.29) is 12.5 Å². The Labute approximate surface area is 60.1 Å². The van der Waals surface area contributed by atoms with E-state index in [9.17, 15) is 4.79 Å². The second-order valence-corrected chi connectivity index (χ2v) is 1.70. The number of likely N-dealkylation sites (N-methyl/N-ethyl adjacent to an activating group) is 1. The molecule has 0 aromatic rings. The van der Waals surface area contributed by atoms with Gasteiger partial charge in [0.15, 0.2) is 0 Å². The average molecular weight is 141 g/mol. The highest BCUT2D eigenvalue weighted by atomic mass is 16.3. The van der Waals surface area contributed by atoms with Crippen molar-refractivity contribution in [2.45, 2.75) is 0 Å². The molecule has 0 radical (unpaired) electrons. The molecule has 0 spiro atoms. The third-order valence-corrected chi connectivity index (χ3v) is 1.01. The first-order valence-corrected chi connectivity index (χ1v) is 2.90. The molecule has 0 fully saturated rings. The van der Waals surface area contributed by atoms with Crippen LogP contribution in [0.4, 0.5) is 0 Å². The minimum atomic E-state index is -0.232. The third kappa shape index (κ3) is 3.04. The van der Waals surface area contributed by atoms with Crippen LogP contribution in [0.3, 0.4) is 0 Å². The normalized spacial score (nSPS) is 10.8. The monoisotopic (exact) mass is 141 g/mol. The SMILES string of the molecule is C=C/C(=C\C(=O)NC)CO. The molecule has 3 heteroatoms. The highest BCUT2D eigenvalue weighted by molar-refractivity contribution is 5.88. The van der Waals surface area contributed by atoms with Crippen LogP contribution in [0.5, 0.6) is 0 Å². The molecule has 0 heterocycles. The summed E-state index contributed by atoms with van der Waals surface area (Å²) >= 11 is 0. The summed E-state index contributed by atoms with van der Waals surface area (Å²) in [7, 11) is 1.52. The van der Waals surface area contributed by atoms with Crippen LogP contribution < -0.4 is 5.32 Å². The molecule has 0 aliphatic rings. The first kappa shape index (κ1) is 8.91. The van der Waals surface area contributed by atoms with Crippen molar-refractivity contribution in [2.24, 2.45) is 0 Å². The Kier molecular flexibility index (Phi) is 4.24. The van der Waals surface area contributed by atoms with E-state index >= 15 is 0 Å². The maximum atomic E-state index is 10.6. The number of rotatable bonds is 3. The summed E-state index contributed by atoms with van der Waals surface area (Å²) in [5, 5.41) is 10.9. The number of hydrogen-bond donors (Lipinski definition) is 2. The molecule has 10 heavy (non-hydrogen) atoms. The van der Waals surface area contributed by atoms with Gasteiger partial charge >= 0.3 is 0 Å². The topological polar surface area (TPSA) is 49.3 Å². The summed E-state index contributed by atoms with van der Waals surface area (Å²) in [4.78, 5) is 10.6. The Morgan fingerprint density at radius 2 is 2.40 bits per heavy atom. The van der Waals surface area contributed by atoms with Crippen LogP contribution in [-0.2, 0) is 4.79 Å². The predicted molar refractivity (Wildman–Crippen MR) is 39.4 cm³/mol. The molecule has 56 valence electrons. The zero-order chi connectivity index (χ0) is 7.98. The van der Waals surface area contributed by atoms with Crippen molar-refractivity contribution >= 4 is 5.91 Å². The van der Waals surface area contributed by atoms with Crippen LogP contribution >= 0.6 is 0 Å². The quantitative estimate of drug-likeness (QED) is 0.423. The van der Waals surface area contributed by atoms with Gasteiger partial charge in [0.25, 0.3) is 0 Å². The van der Waals surface area contributed by atoms with E-state index in [1.165, 1.54) is 19.2 Å². The lowest BCUT2D eigenvalue weighted by Crippen LogP contribution is -2.15. The van der Waals surface area contributed by atoms with Gasteiger partial charge < -0.3 is 10.4 Å². The molecule has 0 aromatic carbocycles. The molecule has 3 nitrogen and oxygen atoms in total. The van der Waals surface area contributed by atoms with E-state index in [4.69, 9.17) is 5.11 Å². The predicted octanol–water partition coefficient (Wildman–Crippen LogP) is -0.163. The summed E-state index contributed by atoms with van der Waals surface area (Å²) in [6.07, 6.45) is 2.74. The zero-order valence-electron chi connectivity index (χ0n) is 5.92. The van der Waals surface area contributed by atoms with Crippen LogP contribution in [0.2, 0.25) is 0 Å². The smallest absolute Gasteiger partial charge is 0.244 e. The fraction of sp³-hybridized carbons (Fsp3) is 0.286. The number of nitrogens with one attached hydrogen (secondary N) is 1. The van der Waals surface area contributed by atoms with Gasteiger partial charge in [-0.15, -0.1) is 0 Å². The number of hydrogen-bond acceptors (Lipinski definition) is 2. The van der Waals surface area contributed by atoms with E-state index in [1.807, 2.05) is 0 Å². The molecule has 0 aromatic heterocycles. The lowest BCUT2D eigenvalue weighted by atomic mass is 10.2. The lowest BCUT2D eigenvalue weighted by Gasteiger charge is -1.94.